The molecule has 1 saturated heterocycles. The van der Waals surface area contributed by atoms with Crippen LogP contribution in [0.25, 0.3) is 0 Å². The van der Waals surface area contributed by atoms with Crippen molar-refractivity contribution in [1.29, 1.82) is 0 Å². The molecular formula is C10H16N4O2. The molecule has 6 heteroatoms. The van der Waals surface area contributed by atoms with E-state index in [-0.39, 0.29) is 23.7 Å². The third-order valence-corrected chi connectivity index (χ3v) is 2.76. The van der Waals surface area contributed by atoms with Gasteiger partial charge in [-0.3, -0.25) is 9.48 Å². The molecule has 0 aromatic carbocycles. The second-order valence-corrected chi connectivity index (χ2v) is 4.05. The fourth-order valence-electron chi connectivity index (χ4n) is 1.84. The van der Waals surface area contributed by atoms with Crippen molar-refractivity contribution in [2.24, 2.45) is 7.05 Å². The van der Waals surface area contributed by atoms with Crippen molar-refractivity contribution < 1.29 is 9.53 Å². The molecule has 16 heavy (non-hydrogen) atoms. The number of nitrogens with zero attached hydrogens (tertiary/aromatic N) is 2. The zero-order valence-corrected chi connectivity index (χ0v) is 9.43. The van der Waals surface area contributed by atoms with Crippen LogP contribution >= 0.6 is 0 Å². The number of nitrogen functional groups attached to an aromatic ring is 1. The lowest BCUT2D eigenvalue weighted by atomic mass is 10.1. The van der Waals surface area contributed by atoms with E-state index in [9.17, 15) is 4.79 Å². The van der Waals surface area contributed by atoms with Crippen molar-refractivity contribution in [3.8, 4) is 0 Å². The van der Waals surface area contributed by atoms with Crippen molar-refractivity contribution >= 4 is 11.6 Å². The van der Waals surface area contributed by atoms with Gasteiger partial charge in [0, 0.05) is 19.9 Å². The fourth-order valence-corrected chi connectivity index (χ4v) is 1.84. The van der Waals surface area contributed by atoms with Gasteiger partial charge in [0.1, 0.15) is 0 Å². The summed E-state index contributed by atoms with van der Waals surface area (Å²) < 4.78 is 6.89. The molecule has 2 rings (SSSR count). The zero-order chi connectivity index (χ0) is 11.7. The van der Waals surface area contributed by atoms with Gasteiger partial charge < -0.3 is 15.8 Å². The van der Waals surface area contributed by atoms with E-state index in [1.165, 1.54) is 4.68 Å². The van der Waals surface area contributed by atoms with Crippen LogP contribution < -0.4 is 11.1 Å². The first-order valence-corrected chi connectivity index (χ1v) is 5.29. The number of carbonyl (C=O) groups excluding carboxylic acids is 1. The van der Waals surface area contributed by atoms with Crippen LogP contribution in [0.4, 0.5) is 5.69 Å². The largest absolute Gasteiger partial charge is 0.396 e. The quantitative estimate of drug-likeness (QED) is 0.735. The molecule has 3 N–H and O–H groups in total. The molecule has 1 aliphatic heterocycles. The standard InChI is InChI=1S/C10H16N4O2/c1-6-8(3-4-16-6)12-10(15)9-7(11)5-14(2)13-9/h5-6,8H,3-4,11H2,1-2H3,(H,12,15). The highest BCUT2D eigenvalue weighted by Crippen LogP contribution is 2.14. The van der Waals surface area contributed by atoms with Gasteiger partial charge in [-0.1, -0.05) is 0 Å². The normalized spacial score (nSPS) is 24.6. The highest BCUT2D eigenvalue weighted by atomic mass is 16.5. The molecule has 2 heterocycles. The number of anilines is 1. The van der Waals surface area contributed by atoms with Crippen molar-refractivity contribution in [3.05, 3.63) is 11.9 Å². The average Bonchev–Trinajstić information content (AvgIpc) is 2.74. The van der Waals surface area contributed by atoms with E-state index in [1.807, 2.05) is 6.92 Å². The number of ether oxygens (including phenoxy) is 1. The molecule has 1 aromatic rings. The predicted molar refractivity (Wildman–Crippen MR) is 58.9 cm³/mol. The first-order valence-electron chi connectivity index (χ1n) is 5.29. The number of hydrogen-bond acceptors (Lipinski definition) is 4. The van der Waals surface area contributed by atoms with E-state index in [0.717, 1.165) is 6.42 Å². The Morgan fingerprint density at radius 3 is 3.00 bits per heavy atom. The summed E-state index contributed by atoms with van der Waals surface area (Å²) in [7, 11) is 1.73. The molecule has 2 atom stereocenters. The van der Waals surface area contributed by atoms with Crippen molar-refractivity contribution in [2.75, 3.05) is 12.3 Å². The van der Waals surface area contributed by atoms with E-state index >= 15 is 0 Å². The second-order valence-electron chi connectivity index (χ2n) is 4.05. The van der Waals surface area contributed by atoms with Gasteiger partial charge in [0.05, 0.1) is 17.8 Å². The molecule has 1 aliphatic rings. The summed E-state index contributed by atoms with van der Waals surface area (Å²) in [5.74, 6) is -0.236. The topological polar surface area (TPSA) is 82.2 Å². The minimum atomic E-state index is -0.236. The SMILES string of the molecule is CC1OCCC1NC(=O)c1nn(C)cc1N. The number of aromatic nitrogens is 2. The van der Waals surface area contributed by atoms with E-state index in [2.05, 4.69) is 10.4 Å². The van der Waals surface area contributed by atoms with Gasteiger partial charge in [-0.2, -0.15) is 5.10 Å². The molecule has 0 radical (unpaired) electrons. The monoisotopic (exact) mass is 224 g/mol. The molecular weight excluding hydrogens is 208 g/mol. The summed E-state index contributed by atoms with van der Waals surface area (Å²) in [6.07, 6.45) is 2.50. The molecule has 6 nitrogen and oxygen atoms in total. The highest BCUT2D eigenvalue weighted by Gasteiger charge is 2.27. The Kier molecular flexibility index (Phi) is 2.82. The van der Waals surface area contributed by atoms with Crippen LogP contribution in [-0.2, 0) is 11.8 Å². The fraction of sp³-hybridized carbons (Fsp3) is 0.600. The highest BCUT2D eigenvalue weighted by molar-refractivity contribution is 5.97. The lowest BCUT2D eigenvalue weighted by Crippen LogP contribution is -2.39. The van der Waals surface area contributed by atoms with Crippen LogP contribution in [0.2, 0.25) is 0 Å². The summed E-state index contributed by atoms with van der Waals surface area (Å²) in [6, 6.07) is 0.0499. The zero-order valence-electron chi connectivity index (χ0n) is 9.43. The number of amides is 1. The lowest BCUT2D eigenvalue weighted by molar-refractivity contribution is 0.0862. The average molecular weight is 224 g/mol. The number of rotatable bonds is 2. The second kappa shape index (κ2) is 4.13. The Hall–Kier alpha value is -1.56. The molecule has 0 aliphatic carbocycles. The van der Waals surface area contributed by atoms with Crippen LogP contribution in [0, 0.1) is 0 Å². The smallest absolute Gasteiger partial charge is 0.274 e. The number of hydrogen-bond donors (Lipinski definition) is 2. The van der Waals surface area contributed by atoms with Gasteiger partial charge in [-0.15, -0.1) is 0 Å². The molecule has 1 fully saturated rings. The number of carbonyl (C=O) groups is 1. The first kappa shape index (κ1) is 10.9. The van der Waals surface area contributed by atoms with Crippen LogP contribution in [0.3, 0.4) is 0 Å². The number of nitrogens with two attached hydrogens (primary N) is 1. The Labute approximate surface area is 93.8 Å². The third-order valence-electron chi connectivity index (χ3n) is 2.76. The number of aryl methyl sites for hydroxylation is 1. The van der Waals surface area contributed by atoms with Crippen LogP contribution in [-0.4, -0.2) is 34.4 Å². The maximum Gasteiger partial charge on any atom is 0.274 e. The molecule has 0 spiro atoms. The van der Waals surface area contributed by atoms with Gasteiger partial charge >= 0.3 is 0 Å². The molecule has 2 unspecified atom stereocenters. The van der Waals surface area contributed by atoms with Crippen molar-refractivity contribution in [1.82, 2.24) is 15.1 Å². The van der Waals surface area contributed by atoms with E-state index < -0.39 is 0 Å². The van der Waals surface area contributed by atoms with Crippen molar-refractivity contribution in [2.45, 2.75) is 25.5 Å². The summed E-state index contributed by atoms with van der Waals surface area (Å²) in [5, 5.41) is 6.90. The maximum atomic E-state index is 11.9. The van der Waals surface area contributed by atoms with Crippen LogP contribution in [0.1, 0.15) is 23.8 Å². The first-order chi connectivity index (χ1) is 7.58. The third kappa shape index (κ3) is 2.01. The molecule has 0 bridgehead atoms. The number of nitrogens with one attached hydrogen (secondary N) is 1. The lowest BCUT2D eigenvalue weighted by Gasteiger charge is -2.15. The van der Waals surface area contributed by atoms with Gasteiger partial charge in [0.2, 0.25) is 0 Å². The van der Waals surface area contributed by atoms with Gasteiger partial charge in [-0.05, 0) is 13.3 Å². The minimum Gasteiger partial charge on any atom is -0.396 e. The van der Waals surface area contributed by atoms with Gasteiger partial charge in [0.15, 0.2) is 5.69 Å². The van der Waals surface area contributed by atoms with E-state index in [4.69, 9.17) is 10.5 Å². The molecule has 88 valence electrons. The minimum absolute atomic E-state index is 0.0499. The molecule has 0 saturated carbocycles. The Morgan fingerprint density at radius 2 is 2.50 bits per heavy atom. The summed E-state index contributed by atoms with van der Waals surface area (Å²) >= 11 is 0. The summed E-state index contributed by atoms with van der Waals surface area (Å²) in [4.78, 5) is 11.9. The summed E-state index contributed by atoms with van der Waals surface area (Å²) in [6.45, 7) is 2.63. The predicted octanol–water partition coefficient (Wildman–Crippen LogP) is -0.0905. The van der Waals surface area contributed by atoms with Crippen LogP contribution in [0.5, 0.6) is 0 Å². The van der Waals surface area contributed by atoms with Gasteiger partial charge in [-0.25, -0.2) is 0 Å². The Balaban J connectivity index is 2.05. The summed E-state index contributed by atoms with van der Waals surface area (Å²) in [5.41, 5.74) is 6.35. The molecule has 1 aromatic heterocycles. The van der Waals surface area contributed by atoms with Crippen LogP contribution in [0.15, 0.2) is 6.20 Å². The Bertz CT molecular complexity index is 402. The molecule has 1 amide bonds. The maximum absolute atomic E-state index is 11.9. The van der Waals surface area contributed by atoms with E-state index in [0.29, 0.717) is 12.3 Å². The van der Waals surface area contributed by atoms with Crippen molar-refractivity contribution in [3.63, 3.8) is 0 Å². The van der Waals surface area contributed by atoms with E-state index in [1.54, 1.807) is 13.2 Å². The Morgan fingerprint density at radius 1 is 1.75 bits per heavy atom. The van der Waals surface area contributed by atoms with Gasteiger partial charge in [0.25, 0.3) is 5.91 Å².